The van der Waals surface area contributed by atoms with Crippen molar-refractivity contribution >= 4 is 27.3 Å². The fraction of sp³-hybridized carbons (Fsp3) is 0.520. The second-order valence-electron chi connectivity index (χ2n) is 18.1. The summed E-state index contributed by atoms with van der Waals surface area (Å²) >= 11 is 0. The maximum atomic E-state index is 15.2. The second kappa shape index (κ2) is 20.5. The van der Waals surface area contributed by atoms with E-state index >= 15 is 8.42 Å². The first-order valence-electron chi connectivity index (χ1n) is 22.5. The first-order valence-corrected chi connectivity index (χ1v) is 23.9. The van der Waals surface area contributed by atoms with Gasteiger partial charge in [0.05, 0.1) is 29.2 Å². The molecule has 0 saturated heterocycles. The first-order chi connectivity index (χ1) is 30.1. The number of aliphatic hydroxyl groups is 2. The highest BCUT2D eigenvalue weighted by Crippen LogP contribution is 2.62. The van der Waals surface area contributed by atoms with Crippen LogP contribution in [0.4, 0.5) is 5.69 Å². The van der Waals surface area contributed by atoms with Gasteiger partial charge in [0.25, 0.3) is 0 Å². The molecule has 63 heavy (non-hydrogen) atoms. The number of carbonyl (C=O) groups excluding carboxylic acids is 1. The molecule has 1 saturated carbocycles. The number of anilines is 1. The van der Waals surface area contributed by atoms with Crippen LogP contribution in [0, 0.1) is 31.6 Å². The number of nitrogens with zero attached hydrogens (tertiary/aromatic N) is 2. The molecular weight excluding hydrogens is 819 g/mol. The Morgan fingerprint density at radius 3 is 2.30 bits per heavy atom. The summed E-state index contributed by atoms with van der Waals surface area (Å²) in [6.45, 7) is 17.6. The van der Waals surface area contributed by atoms with Crippen LogP contribution in [0.2, 0.25) is 0 Å². The quantitative estimate of drug-likeness (QED) is 0.0571. The average Bonchev–Trinajstić information content (AvgIpc) is 3.23. The number of carbonyl (C=O) groups is 1. The topological polar surface area (TPSA) is 156 Å². The maximum Gasteiger partial charge on any atom is 0.243 e. The summed E-state index contributed by atoms with van der Waals surface area (Å²) in [5.41, 5.74) is 4.53. The monoisotopic (exact) mass is 885 g/mol. The molecule has 0 radical (unpaired) electrons. The van der Waals surface area contributed by atoms with Gasteiger partial charge in [-0.1, -0.05) is 43.1 Å². The van der Waals surface area contributed by atoms with Crippen molar-refractivity contribution in [2.75, 3.05) is 31.7 Å². The molecule has 342 valence electrons. The lowest BCUT2D eigenvalue weighted by molar-refractivity contribution is -0.251. The normalized spacial score (nSPS) is 23.6. The lowest BCUT2D eigenvalue weighted by atomic mass is 9.55. The third kappa shape index (κ3) is 10.7. The highest BCUT2D eigenvalue weighted by molar-refractivity contribution is 7.89. The largest absolute Gasteiger partial charge is 0.460 e. The molecule has 3 aromatic rings. The molecular formula is C50H67N3O9S. The summed E-state index contributed by atoms with van der Waals surface area (Å²) < 4.78 is 52.9. The molecule has 0 unspecified atom stereocenters. The summed E-state index contributed by atoms with van der Waals surface area (Å²) in [6.07, 6.45) is 8.98. The van der Waals surface area contributed by atoms with E-state index in [1.165, 1.54) is 23.4 Å². The van der Waals surface area contributed by atoms with Crippen molar-refractivity contribution in [1.82, 2.24) is 4.31 Å². The van der Waals surface area contributed by atoms with Crippen molar-refractivity contribution in [3.05, 3.63) is 102 Å². The van der Waals surface area contributed by atoms with E-state index in [1.54, 1.807) is 18.2 Å². The van der Waals surface area contributed by atoms with Crippen LogP contribution in [0.15, 0.2) is 95.0 Å². The lowest BCUT2D eigenvalue weighted by Crippen LogP contribution is -2.70. The summed E-state index contributed by atoms with van der Waals surface area (Å²) in [7, 11) is -4.25. The number of hydrogen-bond acceptors (Lipinski definition) is 10. The van der Waals surface area contributed by atoms with Crippen LogP contribution >= 0.6 is 0 Å². The van der Waals surface area contributed by atoms with E-state index in [-0.39, 0.29) is 61.3 Å². The van der Waals surface area contributed by atoms with Crippen LogP contribution in [0.1, 0.15) is 109 Å². The Balaban J connectivity index is 1.62. The van der Waals surface area contributed by atoms with Gasteiger partial charge in [0.1, 0.15) is 22.8 Å². The van der Waals surface area contributed by atoms with Crippen molar-refractivity contribution in [2.24, 2.45) is 22.9 Å². The van der Waals surface area contributed by atoms with Crippen LogP contribution in [0.5, 0.6) is 17.2 Å². The number of benzene rings is 3. The predicted molar refractivity (Wildman–Crippen MR) is 247 cm³/mol. The van der Waals surface area contributed by atoms with Crippen LogP contribution < -0.4 is 14.8 Å². The van der Waals surface area contributed by atoms with E-state index in [0.717, 1.165) is 47.9 Å². The molecule has 3 aliphatic rings. The van der Waals surface area contributed by atoms with Gasteiger partial charge in [-0.3, -0.25) is 4.79 Å². The van der Waals surface area contributed by atoms with Gasteiger partial charge < -0.3 is 34.6 Å². The van der Waals surface area contributed by atoms with Gasteiger partial charge in [0.15, 0.2) is 0 Å². The first kappa shape index (κ1) is 47.9. The standard InChI is InChI=1S/C50H67N3O9S/c1-9-25-53(63(57,58)40-22-18-37(19-23-40)51-35(5)56)46-32-44(52-62-49(6,7)8)42-30-36(15-11-13-26-54)41(16-12-14-27-55)47-43-31-39(60-38-20-17-33(3)34(4)29-38)21-24-45(43)61-50(46,48(42)47)59-28-10-2/h10,17-24,29-31,36,41,46-48,54-55H,2,9,11-16,25-28,32H2,1,3-8H3,(H,51,56)/t36-,41+,46-,47+,48+,50+/m0/s1. The number of allylic oxidation sites excluding steroid dienone is 1. The number of sulfonamides is 1. The lowest BCUT2D eigenvalue weighted by Gasteiger charge is -2.59. The molecule has 1 aliphatic heterocycles. The van der Waals surface area contributed by atoms with Crippen LogP contribution in [-0.2, 0) is 24.4 Å². The number of oxime groups is 1. The highest BCUT2D eigenvalue weighted by atomic mass is 32.2. The Morgan fingerprint density at radius 2 is 1.67 bits per heavy atom. The number of hydrogen-bond donors (Lipinski definition) is 3. The van der Waals surface area contributed by atoms with E-state index in [9.17, 15) is 15.0 Å². The smallest absolute Gasteiger partial charge is 0.243 e. The van der Waals surface area contributed by atoms with E-state index < -0.39 is 33.4 Å². The Morgan fingerprint density at radius 1 is 0.984 bits per heavy atom. The van der Waals surface area contributed by atoms with E-state index in [2.05, 4.69) is 37.9 Å². The zero-order chi connectivity index (χ0) is 45.5. The Labute approximate surface area is 374 Å². The Hall–Kier alpha value is -4.53. The molecule has 3 N–H and O–H groups in total. The molecule has 13 heteroatoms. The van der Waals surface area contributed by atoms with E-state index in [1.807, 2.05) is 58.0 Å². The molecule has 0 spiro atoms. The Kier molecular flexibility index (Phi) is 15.6. The fourth-order valence-corrected chi connectivity index (χ4v) is 11.2. The van der Waals surface area contributed by atoms with E-state index in [0.29, 0.717) is 47.9 Å². The SMILES string of the molecule is C=CCO[C@@]12Oc3ccc(Oc4ccc(C)c(C)c4)cc3[C@H]3[C@H](CCCCO)[C@@H](CCCCO)C=C(C(=NOC(C)(C)C)C[C@@H]1N(CCC)S(=O)(=O)c1ccc(NC(C)=O)cc1)[C@H]32. The molecule has 12 nitrogen and oxygen atoms in total. The summed E-state index contributed by atoms with van der Waals surface area (Å²) in [6, 6.07) is 17.1. The van der Waals surface area contributed by atoms with Gasteiger partial charge in [-0.2, -0.15) is 4.31 Å². The average molecular weight is 886 g/mol. The number of nitrogens with one attached hydrogen (secondary N) is 1. The zero-order valence-electron chi connectivity index (χ0n) is 38.1. The minimum atomic E-state index is -4.25. The molecule has 3 aromatic carbocycles. The minimum absolute atomic E-state index is 0.00342. The third-order valence-electron chi connectivity index (χ3n) is 12.4. The molecule has 2 aliphatic carbocycles. The molecule has 1 amide bonds. The molecule has 6 atom stereocenters. The molecule has 0 bridgehead atoms. The third-order valence-corrected chi connectivity index (χ3v) is 14.3. The van der Waals surface area contributed by atoms with Gasteiger partial charge in [0, 0.05) is 50.3 Å². The summed E-state index contributed by atoms with van der Waals surface area (Å²) in [5.74, 6) is -0.750. The van der Waals surface area contributed by atoms with Gasteiger partial charge >= 0.3 is 0 Å². The number of fused-ring (bicyclic) bond motifs is 2. The predicted octanol–water partition coefficient (Wildman–Crippen LogP) is 9.59. The van der Waals surface area contributed by atoms with Crippen LogP contribution in [-0.4, -0.2) is 78.4 Å². The number of amides is 1. The number of rotatable bonds is 20. The van der Waals surface area contributed by atoms with Crippen molar-refractivity contribution in [3.63, 3.8) is 0 Å². The maximum absolute atomic E-state index is 15.2. The number of unbranched alkanes of at least 4 members (excludes halogenated alkanes) is 2. The molecule has 6 rings (SSSR count). The summed E-state index contributed by atoms with van der Waals surface area (Å²) in [5, 5.41) is 27.5. The van der Waals surface area contributed by atoms with Crippen molar-refractivity contribution in [2.45, 2.75) is 128 Å². The highest BCUT2D eigenvalue weighted by Gasteiger charge is 2.66. The minimum Gasteiger partial charge on any atom is -0.460 e. The number of ether oxygens (including phenoxy) is 3. The second-order valence-corrected chi connectivity index (χ2v) is 20.0. The molecule has 1 heterocycles. The van der Waals surface area contributed by atoms with Crippen molar-refractivity contribution in [1.29, 1.82) is 0 Å². The van der Waals surface area contributed by atoms with Gasteiger partial charge in [0.2, 0.25) is 21.7 Å². The fourth-order valence-electron chi connectivity index (χ4n) is 9.51. The molecule has 0 aromatic heterocycles. The van der Waals surface area contributed by atoms with Crippen molar-refractivity contribution < 1.29 is 42.5 Å². The van der Waals surface area contributed by atoms with Gasteiger partial charge in [-0.05, 0) is 150 Å². The van der Waals surface area contributed by atoms with Gasteiger partial charge in [-0.15, -0.1) is 6.58 Å². The Bertz CT molecular complexity index is 2250. The van der Waals surface area contributed by atoms with Crippen LogP contribution in [0.3, 0.4) is 0 Å². The molecule has 1 fully saturated rings. The zero-order valence-corrected chi connectivity index (χ0v) is 38.9. The van der Waals surface area contributed by atoms with E-state index in [4.69, 9.17) is 24.2 Å². The number of aliphatic hydroxyl groups excluding tert-OH is 2. The van der Waals surface area contributed by atoms with Crippen molar-refractivity contribution in [3.8, 4) is 17.2 Å². The summed E-state index contributed by atoms with van der Waals surface area (Å²) in [4.78, 5) is 18.1. The van der Waals surface area contributed by atoms with Gasteiger partial charge in [-0.25, -0.2) is 8.42 Å². The van der Waals surface area contributed by atoms with Crippen LogP contribution in [0.25, 0.3) is 0 Å². The number of aryl methyl sites for hydroxylation is 2.